The molecule has 0 aliphatic heterocycles. The summed E-state index contributed by atoms with van der Waals surface area (Å²) < 4.78 is 10.3. The van der Waals surface area contributed by atoms with Crippen molar-refractivity contribution in [1.29, 1.82) is 0 Å². The molecule has 1 aromatic heterocycles. The number of nitrogens with one attached hydrogen (secondary N) is 2. The maximum Gasteiger partial charge on any atom is 0.350 e. The first kappa shape index (κ1) is 27.9. The van der Waals surface area contributed by atoms with Crippen LogP contribution >= 0.6 is 22.9 Å². The first-order valence-corrected chi connectivity index (χ1v) is 12.8. The van der Waals surface area contributed by atoms with E-state index in [-0.39, 0.29) is 33.7 Å². The molecular formula is C27H27ClN2O6S. The molecule has 1 atom stereocenters. The summed E-state index contributed by atoms with van der Waals surface area (Å²) in [6.45, 7) is 4.74. The lowest BCUT2D eigenvalue weighted by molar-refractivity contribution is -0.150. The zero-order valence-corrected chi connectivity index (χ0v) is 22.2. The van der Waals surface area contributed by atoms with Crippen LogP contribution in [0.3, 0.4) is 0 Å². The molecule has 37 heavy (non-hydrogen) atoms. The van der Waals surface area contributed by atoms with Crippen molar-refractivity contribution in [2.45, 2.75) is 26.8 Å². The second-order valence-electron chi connectivity index (χ2n) is 8.27. The molecule has 10 heteroatoms. The molecule has 0 radical (unpaired) electrons. The first-order chi connectivity index (χ1) is 17.7. The zero-order chi connectivity index (χ0) is 26.9. The van der Waals surface area contributed by atoms with Crippen LogP contribution in [-0.4, -0.2) is 43.0 Å². The lowest BCUT2D eigenvalue weighted by Gasteiger charge is -2.21. The molecule has 0 aliphatic rings. The maximum atomic E-state index is 12.7. The highest BCUT2D eigenvalue weighted by molar-refractivity contribution is 7.18. The fourth-order valence-corrected chi connectivity index (χ4v) is 4.59. The van der Waals surface area contributed by atoms with Crippen LogP contribution in [-0.2, 0) is 19.1 Å². The van der Waals surface area contributed by atoms with E-state index in [1.165, 1.54) is 11.3 Å². The van der Waals surface area contributed by atoms with Crippen LogP contribution in [0.25, 0.3) is 10.4 Å². The van der Waals surface area contributed by atoms with Crippen LogP contribution in [0.1, 0.15) is 40.8 Å². The van der Waals surface area contributed by atoms with Gasteiger partial charge in [0.1, 0.15) is 10.9 Å². The highest BCUT2D eigenvalue weighted by Crippen LogP contribution is 2.35. The molecule has 8 nitrogen and oxygen atoms in total. The van der Waals surface area contributed by atoms with Crippen LogP contribution in [0.4, 0.5) is 5.69 Å². The van der Waals surface area contributed by atoms with Crippen molar-refractivity contribution in [1.82, 2.24) is 5.32 Å². The van der Waals surface area contributed by atoms with Gasteiger partial charge in [-0.15, -0.1) is 11.3 Å². The number of carbonyl (C=O) groups excluding carboxylic acids is 4. The average Bonchev–Trinajstić information content (AvgIpc) is 3.30. The van der Waals surface area contributed by atoms with Crippen molar-refractivity contribution in [2.24, 2.45) is 5.92 Å². The summed E-state index contributed by atoms with van der Waals surface area (Å²) in [7, 11) is 0. The normalized spacial score (nSPS) is 11.5. The molecule has 1 heterocycles. The van der Waals surface area contributed by atoms with Gasteiger partial charge in [0.15, 0.2) is 6.61 Å². The monoisotopic (exact) mass is 542 g/mol. The highest BCUT2D eigenvalue weighted by Gasteiger charge is 2.28. The summed E-state index contributed by atoms with van der Waals surface area (Å²) >= 11 is 7.26. The molecular weight excluding hydrogens is 516 g/mol. The van der Waals surface area contributed by atoms with Gasteiger partial charge in [0.05, 0.1) is 22.9 Å². The molecule has 3 aromatic rings. The van der Waals surface area contributed by atoms with E-state index in [9.17, 15) is 19.2 Å². The van der Waals surface area contributed by atoms with Crippen molar-refractivity contribution in [3.8, 4) is 10.4 Å². The number of ether oxygens (including phenoxy) is 2. The van der Waals surface area contributed by atoms with E-state index in [1.807, 2.05) is 30.3 Å². The molecule has 0 saturated carbocycles. The third-order valence-corrected chi connectivity index (χ3v) is 6.69. The van der Waals surface area contributed by atoms with Gasteiger partial charge in [0, 0.05) is 4.88 Å². The summed E-state index contributed by atoms with van der Waals surface area (Å²) in [5, 5.41) is 5.49. The number of benzene rings is 2. The van der Waals surface area contributed by atoms with Crippen LogP contribution in [0.5, 0.6) is 0 Å². The Kier molecular flexibility index (Phi) is 9.82. The minimum atomic E-state index is -1.00. The number of rotatable bonds is 10. The van der Waals surface area contributed by atoms with Crippen LogP contribution in [0.15, 0.2) is 60.7 Å². The Morgan fingerprint density at radius 1 is 0.973 bits per heavy atom. The van der Waals surface area contributed by atoms with Crippen LogP contribution < -0.4 is 10.6 Å². The van der Waals surface area contributed by atoms with Gasteiger partial charge in [-0.2, -0.15) is 0 Å². The Bertz CT molecular complexity index is 1270. The average molecular weight is 543 g/mol. The fourth-order valence-electron chi connectivity index (χ4n) is 3.35. The number of halogens is 1. The lowest BCUT2D eigenvalue weighted by atomic mass is 10.0. The number of amides is 2. The predicted molar refractivity (Wildman–Crippen MR) is 143 cm³/mol. The van der Waals surface area contributed by atoms with E-state index in [2.05, 4.69) is 10.6 Å². The number of thiophene rings is 1. The number of hydrogen-bond acceptors (Lipinski definition) is 7. The van der Waals surface area contributed by atoms with Gasteiger partial charge in [-0.3, -0.25) is 9.59 Å². The van der Waals surface area contributed by atoms with Crippen molar-refractivity contribution >= 4 is 52.4 Å². The van der Waals surface area contributed by atoms with Crippen molar-refractivity contribution < 1.29 is 28.7 Å². The molecule has 194 valence electrons. The Labute approximate surface area is 223 Å². The minimum absolute atomic E-state index is 0.179. The summed E-state index contributed by atoms with van der Waals surface area (Å²) in [5.41, 5.74) is 1.35. The van der Waals surface area contributed by atoms with Gasteiger partial charge >= 0.3 is 11.9 Å². The largest absolute Gasteiger partial charge is 0.462 e. The predicted octanol–water partition coefficient (Wildman–Crippen LogP) is 5.18. The maximum absolute atomic E-state index is 12.7. The molecule has 0 spiro atoms. The Morgan fingerprint density at radius 2 is 1.65 bits per heavy atom. The van der Waals surface area contributed by atoms with Gasteiger partial charge in [-0.05, 0) is 36.6 Å². The summed E-state index contributed by atoms with van der Waals surface area (Å²) in [5.74, 6) is -2.83. The summed E-state index contributed by atoms with van der Waals surface area (Å²) in [6, 6.07) is 16.5. The van der Waals surface area contributed by atoms with Gasteiger partial charge < -0.3 is 20.1 Å². The van der Waals surface area contributed by atoms with E-state index in [1.54, 1.807) is 51.1 Å². The van der Waals surface area contributed by atoms with E-state index in [0.717, 1.165) is 10.4 Å². The molecule has 0 unspecified atom stereocenters. The van der Waals surface area contributed by atoms with Crippen molar-refractivity contribution in [2.75, 3.05) is 18.5 Å². The molecule has 2 aromatic carbocycles. The number of hydrogen-bond donors (Lipinski definition) is 2. The minimum Gasteiger partial charge on any atom is -0.462 e. The third-order valence-electron chi connectivity index (χ3n) is 5.20. The third kappa shape index (κ3) is 7.41. The number of esters is 2. The topological polar surface area (TPSA) is 111 Å². The quantitative estimate of drug-likeness (QED) is 0.341. The van der Waals surface area contributed by atoms with Gasteiger partial charge in [-0.1, -0.05) is 67.9 Å². The molecule has 0 aliphatic carbocycles. The van der Waals surface area contributed by atoms with Gasteiger partial charge in [0.25, 0.3) is 11.8 Å². The Balaban J connectivity index is 1.67. The standard InChI is InChI=1S/C27H27ClN2O6S/c1-4-35-27(34)24-20(14-21(37-24)17-10-6-5-7-11-17)29-22(31)15-36-26(33)23(16(2)3)30-25(32)18-12-8-9-13-19(18)28/h5-14,16,23H,4,15H2,1-3H3,(H,29,31)(H,30,32)/t23-/m0/s1. The van der Waals surface area contributed by atoms with E-state index in [0.29, 0.717) is 0 Å². The second kappa shape index (κ2) is 13.0. The molecule has 3 rings (SSSR count). The molecule has 0 saturated heterocycles. The summed E-state index contributed by atoms with van der Waals surface area (Å²) in [6.07, 6.45) is 0. The van der Waals surface area contributed by atoms with Crippen molar-refractivity contribution in [3.63, 3.8) is 0 Å². The van der Waals surface area contributed by atoms with Gasteiger partial charge in [0.2, 0.25) is 0 Å². The Morgan fingerprint density at radius 3 is 2.30 bits per heavy atom. The van der Waals surface area contributed by atoms with Gasteiger partial charge in [-0.25, -0.2) is 9.59 Å². The molecule has 2 amide bonds. The molecule has 0 bridgehead atoms. The first-order valence-electron chi connectivity index (χ1n) is 11.6. The zero-order valence-electron chi connectivity index (χ0n) is 20.6. The second-order valence-corrected chi connectivity index (χ2v) is 9.73. The lowest BCUT2D eigenvalue weighted by Crippen LogP contribution is -2.46. The van der Waals surface area contributed by atoms with E-state index >= 15 is 0 Å². The number of carbonyl (C=O) groups is 4. The molecule has 2 N–H and O–H groups in total. The SMILES string of the molecule is CCOC(=O)c1sc(-c2ccccc2)cc1NC(=O)COC(=O)[C@@H](NC(=O)c1ccccc1Cl)C(C)C. The van der Waals surface area contributed by atoms with Crippen LogP contribution in [0.2, 0.25) is 5.02 Å². The van der Waals surface area contributed by atoms with E-state index in [4.69, 9.17) is 21.1 Å². The number of anilines is 1. The fraction of sp³-hybridized carbons (Fsp3) is 0.259. The van der Waals surface area contributed by atoms with Crippen molar-refractivity contribution in [3.05, 3.63) is 76.1 Å². The van der Waals surface area contributed by atoms with Crippen LogP contribution in [0, 0.1) is 5.92 Å². The van der Waals surface area contributed by atoms with E-state index < -0.39 is 36.4 Å². The summed E-state index contributed by atoms with van der Waals surface area (Å²) in [4.78, 5) is 51.4. The highest BCUT2D eigenvalue weighted by atomic mass is 35.5. The smallest absolute Gasteiger partial charge is 0.350 e. The Hall–Kier alpha value is -3.69. The molecule has 0 fully saturated rings.